The maximum Gasteiger partial charge on any atom is 0.237 e. The lowest BCUT2D eigenvalue weighted by molar-refractivity contribution is -0.115. The Kier molecular flexibility index (Phi) is 6.66. The minimum atomic E-state index is -0.429. The van der Waals surface area contributed by atoms with Gasteiger partial charge in [-0.3, -0.25) is 9.36 Å². The number of rotatable bonds is 7. The first kappa shape index (κ1) is 21.8. The largest absolute Gasteiger partial charge is 0.325 e. The second kappa shape index (κ2) is 9.78. The molecule has 0 saturated heterocycles. The van der Waals surface area contributed by atoms with E-state index in [9.17, 15) is 9.18 Å². The molecule has 0 aliphatic carbocycles. The molecule has 1 atom stereocenters. The molecule has 32 heavy (non-hydrogen) atoms. The molecule has 162 valence electrons. The lowest BCUT2D eigenvalue weighted by atomic mass is 10.2. The number of hydrogen-bond donors (Lipinski definition) is 1. The maximum atomic E-state index is 14.5. The highest BCUT2D eigenvalue weighted by Gasteiger charge is 2.22. The lowest BCUT2D eigenvalue weighted by Crippen LogP contribution is -2.23. The third-order valence-electron chi connectivity index (χ3n) is 5.07. The van der Waals surface area contributed by atoms with Crippen LogP contribution in [0.4, 0.5) is 10.1 Å². The number of amides is 1. The normalized spacial score (nSPS) is 11.8. The molecular formula is C25H23FN4OS. The number of aromatic nitrogens is 3. The van der Waals surface area contributed by atoms with Crippen molar-refractivity contribution in [1.82, 2.24) is 14.8 Å². The summed E-state index contributed by atoms with van der Waals surface area (Å²) in [6, 6.07) is 24.0. The predicted molar refractivity (Wildman–Crippen MR) is 126 cm³/mol. The highest BCUT2D eigenvalue weighted by molar-refractivity contribution is 8.00. The fourth-order valence-corrected chi connectivity index (χ4v) is 4.13. The van der Waals surface area contributed by atoms with Crippen LogP contribution in [0.2, 0.25) is 0 Å². The zero-order valence-electron chi connectivity index (χ0n) is 17.8. The van der Waals surface area contributed by atoms with Crippen LogP contribution in [0.25, 0.3) is 11.4 Å². The number of nitrogens with zero attached hydrogens (tertiary/aromatic N) is 3. The molecule has 1 heterocycles. The van der Waals surface area contributed by atoms with E-state index in [-0.39, 0.29) is 11.7 Å². The van der Waals surface area contributed by atoms with E-state index in [4.69, 9.17) is 0 Å². The number of hydrogen-bond acceptors (Lipinski definition) is 4. The summed E-state index contributed by atoms with van der Waals surface area (Å²) in [4.78, 5) is 12.8. The second-order valence-electron chi connectivity index (χ2n) is 7.42. The number of benzene rings is 3. The Morgan fingerprint density at radius 2 is 1.69 bits per heavy atom. The third kappa shape index (κ3) is 4.89. The standard InChI is InChI=1S/C25H23FN4OS/c1-17-10-6-9-15-22(17)27-24(31)18(2)32-25-29-28-23(20-13-7-8-14-21(20)26)30(25)16-19-11-4-3-5-12-19/h3-15,18H,16H2,1-2H3,(H,27,31). The van der Waals surface area contributed by atoms with Gasteiger partial charge in [-0.15, -0.1) is 10.2 Å². The SMILES string of the molecule is Cc1ccccc1NC(=O)C(C)Sc1nnc(-c2ccccc2F)n1Cc1ccccc1. The highest BCUT2D eigenvalue weighted by atomic mass is 32.2. The summed E-state index contributed by atoms with van der Waals surface area (Å²) in [6.07, 6.45) is 0. The van der Waals surface area contributed by atoms with Gasteiger partial charge in [-0.05, 0) is 43.2 Å². The molecule has 7 heteroatoms. The Bertz CT molecular complexity index is 1230. The van der Waals surface area contributed by atoms with Gasteiger partial charge in [-0.1, -0.05) is 72.4 Å². The lowest BCUT2D eigenvalue weighted by Gasteiger charge is -2.15. The second-order valence-corrected chi connectivity index (χ2v) is 8.73. The minimum Gasteiger partial charge on any atom is -0.325 e. The summed E-state index contributed by atoms with van der Waals surface area (Å²) in [6.45, 7) is 4.24. The van der Waals surface area contributed by atoms with E-state index in [1.54, 1.807) is 18.2 Å². The van der Waals surface area contributed by atoms with E-state index in [2.05, 4.69) is 15.5 Å². The zero-order valence-corrected chi connectivity index (χ0v) is 18.6. The topological polar surface area (TPSA) is 59.8 Å². The third-order valence-corrected chi connectivity index (χ3v) is 6.15. The van der Waals surface area contributed by atoms with Crippen molar-refractivity contribution in [2.75, 3.05) is 5.32 Å². The highest BCUT2D eigenvalue weighted by Crippen LogP contribution is 2.29. The number of carbonyl (C=O) groups is 1. The monoisotopic (exact) mass is 446 g/mol. The molecule has 0 aliphatic rings. The van der Waals surface area contributed by atoms with E-state index in [0.717, 1.165) is 16.8 Å². The van der Waals surface area contributed by atoms with Gasteiger partial charge in [0.25, 0.3) is 0 Å². The first-order valence-electron chi connectivity index (χ1n) is 10.3. The average Bonchev–Trinajstić information content (AvgIpc) is 3.18. The van der Waals surface area contributed by atoms with Crippen molar-refractivity contribution >= 4 is 23.4 Å². The Morgan fingerprint density at radius 3 is 2.44 bits per heavy atom. The molecule has 4 aromatic rings. The molecule has 1 amide bonds. The van der Waals surface area contributed by atoms with Gasteiger partial charge in [0.15, 0.2) is 11.0 Å². The van der Waals surface area contributed by atoms with Crippen LogP contribution in [-0.2, 0) is 11.3 Å². The van der Waals surface area contributed by atoms with E-state index in [1.807, 2.05) is 73.0 Å². The quantitative estimate of drug-likeness (QED) is 0.378. The van der Waals surface area contributed by atoms with Crippen molar-refractivity contribution in [3.05, 3.63) is 95.8 Å². The Balaban J connectivity index is 1.62. The number of carbonyl (C=O) groups excluding carboxylic acids is 1. The van der Waals surface area contributed by atoms with Gasteiger partial charge in [0.1, 0.15) is 5.82 Å². The first-order valence-corrected chi connectivity index (χ1v) is 11.2. The van der Waals surface area contributed by atoms with Gasteiger partial charge in [-0.25, -0.2) is 4.39 Å². The summed E-state index contributed by atoms with van der Waals surface area (Å²) < 4.78 is 16.4. The number of para-hydroxylation sites is 1. The molecule has 0 saturated carbocycles. The zero-order chi connectivity index (χ0) is 22.5. The van der Waals surface area contributed by atoms with Crippen molar-refractivity contribution in [1.29, 1.82) is 0 Å². The fourth-order valence-electron chi connectivity index (χ4n) is 3.29. The van der Waals surface area contributed by atoms with Crippen LogP contribution in [0.15, 0.2) is 84.0 Å². The van der Waals surface area contributed by atoms with E-state index in [0.29, 0.717) is 23.1 Å². The van der Waals surface area contributed by atoms with E-state index >= 15 is 0 Å². The van der Waals surface area contributed by atoms with Crippen molar-refractivity contribution in [3.8, 4) is 11.4 Å². The summed E-state index contributed by atoms with van der Waals surface area (Å²) >= 11 is 1.30. The molecule has 0 bridgehead atoms. The molecular weight excluding hydrogens is 423 g/mol. The minimum absolute atomic E-state index is 0.133. The van der Waals surface area contributed by atoms with Crippen molar-refractivity contribution < 1.29 is 9.18 Å². The molecule has 0 fully saturated rings. The molecule has 0 spiro atoms. The van der Waals surface area contributed by atoms with Crippen LogP contribution in [0.5, 0.6) is 0 Å². The molecule has 5 nitrogen and oxygen atoms in total. The molecule has 3 aromatic carbocycles. The average molecular weight is 447 g/mol. The Hall–Kier alpha value is -3.45. The van der Waals surface area contributed by atoms with Crippen LogP contribution in [0.1, 0.15) is 18.1 Å². The van der Waals surface area contributed by atoms with E-state index < -0.39 is 5.25 Å². The summed E-state index contributed by atoms with van der Waals surface area (Å²) in [7, 11) is 0. The molecule has 1 aromatic heterocycles. The Morgan fingerprint density at radius 1 is 1.00 bits per heavy atom. The van der Waals surface area contributed by atoms with Gasteiger partial charge in [0.2, 0.25) is 5.91 Å². The van der Waals surface area contributed by atoms with Crippen LogP contribution >= 0.6 is 11.8 Å². The molecule has 1 unspecified atom stereocenters. The predicted octanol–water partition coefficient (Wildman–Crippen LogP) is 5.56. The van der Waals surface area contributed by atoms with Crippen LogP contribution < -0.4 is 5.32 Å². The summed E-state index contributed by atoms with van der Waals surface area (Å²) in [5.74, 6) is -0.0666. The molecule has 1 N–H and O–H groups in total. The number of halogens is 1. The van der Waals surface area contributed by atoms with Crippen LogP contribution in [-0.4, -0.2) is 25.9 Å². The van der Waals surface area contributed by atoms with Gasteiger partial charge >= 0.3 is 0 Å². The number of aryl methyl sites for hydroxylation is 1. The number of anilines is 1. The van der Waals surface area contributed by atoms with Crippen LogP contribution in [0.3, 0.4) is 0 Å². The number of nitrogens with one attached hydrogen (secondary N) is 1. The molecule has 0 aliphatic heterocycles. The summed E-state index contributed by atoms with van der Waals surface area (Å²) in [5, 5.41) is 11.7. The van der Waals surface area contributed by atoms with Gasteiger partial charge < -0.3 is 5.32 Å². The van der Waals surface area contributed by atoms with E-state index in [1.165, 1.54) is 17.8 Å². The van der Waals surface area contributed by atoms with Gasteiger partial charge in [0, 0.05) is 5.69 Å². The summed E-state index contributed by atoms with van der Waals surface area (Å²) in [5.41, 5.74) is 3.18. The fraction of sp³-hybridized carbons (Fsp3) is 0.160. The Labute approximate surface area is 190 Å². The number of thioether (sulfide) groups is 1. The van der Waals surface area contributed by atoms with Gasteiger partial charge in [-0.2, -0.15) is 0 Å². The van der Waals surface area contributed by atoms with Gasteiger partial charge in [0.05, 0.1) is 17.4 Å². The maximum absolute atomic E-state index is 14.5. The van der Waals surface area contributed by atoms with Crippen molar-refractivity contribution in [3.63, 3.8) is 0 Å². The van der Waals surface area contributed by atoms with Crippen molar-refractivity contribution in [2.24, 2.45) is 0 Å². The van der Waals surface area contributed by atoms with Crippen LogP contribution in [0, 0.1) is 12.7 Å². The first-order chi connectivity index (χ1) is 15.5. The van der Waals surface area contributed by atoms with Crippen molar-refractivity contribution in [2.45, 2.75) is 30.8 Å². The molecule has 4 rings (SSSR count). The molecule has 0 radical (unpaired) electrons. The smallest absolute Gasteiger partial charge is 0.237 e.